The number of methoxy groups -OCH3 is 1. The monoisotopic (exact) mass is 615 g/mol. The maximum absolute atomic E-state index is 12.9. The highest BCUT2D eigenvalue weighted by Crippen LogP contribution is 2.35. The van der Waals surface area contributed by atoms with Gasteiger partial charge in [0.2, 0.25) is 12.4 Å². The molecule has 0 unspecified atom stereocenters. The first-order valence-electron chi connectivity index (χ1n) is 13.4. The Kier molecular flexibility index (Phi) is 11.4. The number of rotatable bonds is 11. The van der Waals surface area contributed by atoms with Gasteiger partial charge in [0.1, 0.15) is 12.7 Å². The number of benzene rings is 2. The number of esters is 4. The van der Waals surface area contributed by atoms with Crippen molar-refractivity contribution in [2.45, 2.75) is 65.3 Å². The highest BCUT2D eigenvalue weighted by molar-refractivity contribution is 6.05. The molecule has 2 aromatic carbocycles. The molecule has 1 saturated heterocycles. The van der Waals surface area contributed by atoms with Crippen molar-refractivity contribution in [3.05, 3.63) is 53.6 Å². The third kappa shape index (κ3) is 9.01. The maximum Gasteiger partial charge on any atom is 0.303 e. The predicted molar refractivity (Wildman–Crippen MR) is 150 cm³/mol. The second kappa shape index (κ2) is 15.0. The molecule has 1 amide bonds. The molecule has 44 heavy (non-hydrogen) atoms. The zero-order valence-electron chi connectivity index (χ0n) is 24.9. The summed E-state index contributed by atoms with van der Waals surface area (Å²) in [6, 6.07) is 10.6. The van der Waals surface area contributed by atoms with E-state index in [0.717, 1.165) is 27.7 Å². The van der Waals surface area contributed by atoms with Crippen molar-refractivity contribution in [3.63, 3.8) is 0 Å². The highest BCUT2D eigenvalue weighted by atomic mass is 16.7. The minimum atomic E-state index is -1.50. The lowest BCUT2D eigenvalue weighted by molar-refractivity contribution is -0.288. The Labute approximate surface area is 252 Å². The van der Waals surface area contributed by atoms with Gasteiger partial charge in [-0.05, 0) is 49.4 Å². The van der Waals surface area contributed by atoms with Gasteiger partial charge in [-0.25, -0.2) is 0 Å². The SMILES string of the molecule is COc1cc(C(=O)Nc2ccc(C(C)=O)cc2)ccc1O[C@H]1O[C@@H](COC(C)=O)[C@@H](OC(C)=O)[C@@H](OC(C)=O)[C@@H]1OC(C)=O. The smallest absolute Gasteiger partial charge is 0.303 e. The molecule has 1 N–H and O–H groups in total. The molecule has 2 aromatic rings. The van der Waals surface area contributed by atoms with Gasteiger partial charge in [0.05, 0.1) is 7.11 Å². The van der Waals surface area contributed by atoms with E-state index in [-0.39, 0.29) is 22.8 Å². The van der Waals surface area contributed by atoms with Crippen LogP contribution in [-0.4, -0.2) is 80.0 Å². The normalized spacial score (nSPS) is 20.8. The van der Waals surface area contributed by atoms with Crippen molar-refractivity contribution >= 4 is 41.3 Å². The summed E-state index contributed by atoms with van der Waals surface area (Å²) in [5.41, 5.74) is 1.14. The molecule has 1 aliphatic rings. The number of hydrogen-bond donors (Lipinski definition) is 1. The molecule has 1 heterocycles. The predicted octanol–water partition coefficient (Wildman–Crippen LogP) is 2.61. The van der Waals surface area contributed by atoms with Gasteiger partial charge in [-0.3, -0.25) is 28.8 Å². The van der Waals surface area contributed by atoms with Gasteiger partial charge in [-0.15, -0.1) is 0 Å². The summed E-state index contributed by atoms with van der Waals surface area (Å²) in [6.45, 7) is 5.49. The first-order chi connectivity index (χ1) is 20.8. The van der Waals surface area contributed by atoms with Crippen LogP contribution in [0.3, 0.4) is 0 Å². The van der Waals surface area contributed by atoms with Crippen molar-refractivity contribution in [1.29, 1.82) is 0 Å². The van der Waals surface area contributed by atoms with Crippen LogP contribution in [0.5, 0.6) is 11.5 Å². The molecule has 236 valence electrons. The molecule has 0 aromatic heterocycles. The minimum Gasteiger partial charge on any atom is -0.493 e. The van der Waals surface area contributed by atoms with Crippen LogP contribution in [0, 0.1) is 0 Å². The number of carbonyl (C=O) groups excluding carboxylic acids is 6. The maximum atomic E-state index is 12.9. The molecule has 14 nitrogen and oxygen atoms in total. The molecule has 0 spiro atoms. The second-order valence-corrected chi connectivity index (χ2v) is 9.64. The van der Waals surface area contributed by atoms with Crippen molar-refractivity contribution in [2.24, 2.45) is 0 Å². The van der Waals surface area contributed by atoms with E-state index in [9.17, 15) is 28.8 Å². The van der Waals surface area contributed by atoms with Crippen molar-refractivity contribution in [3.8, 4) is 11.5 Å². The van der Waals surface area contributed by atoms with E-state index in [1.165, 1.54) is 32.2 Å². The Balaban J connectivity index is 1.93. The standard InChI is InChI=1S/C30H33NO13/c1-15(32)20-7-10-22(11-8-20)31-29(37)21-9-12-23(24(13-21)38-6)43-30-28(42-19(5)36)27(41-18(4)35)26(40-17(3)34)25(44-30)14-39-16(2)33/h7-13,25-28,30H,14H2,1-6H3,(H,31,37)/t25-,26+,27+,28-,30-/m0/s1. The largest absolute Gasteiger partial charge is 0.493 e. The fourth-order valence-electron chi connectivity index (χ4n) is 4.31. The summed E-state index contributed by atoms with van der Waals surface area (Å²) < 4.78 is 38.6. The van der Waals surface area contributed by atoms with E-state index in [2.05, 4.69) is 5.32 Å². The van der Waals surface area contributed by atoms with Crippen LogP contribution in [0.4, 0.5) is 5.69 Å². The Bertz CT molecular complexity index is 1400. The molecule has 0 bridgehead atoms. The topological polar surface area (TPSA) is 179 Å². The Morgan fingerprint density at radius 1 is 0.705 bits per heavy atom. The van der Waals surface area contributed by atoms with E-state index >= 15 is 0 Å². The molecule has 0 aliphatic carbocycles. The molecule has 1 aliphatic heterocycles. The Morgan fingerprint density at radius 3 is 1.82 bits per heavy atom. The number of carbonyl (C=O) groups is 6. The van der Waals surface area contributed by atoms with Crippen molar-refractivity contribution < 1.29 is 61.9 Å². The fourth-order valence-corrected chi connectivity index (χ4v) is 4.31. The number of ether oxygens (including phenoxy) is 7. The van der Waals surface area contributed by atoms with Crippen LogP contribution in [0.25, 0.3) is 0 Å². The van der Waals surface area contributed by atoms with Crippen molar-refractivity contribution in [1.82, 2.24) is 0 Å². The first kappa shape index (κ1) is 33.5. The van der Waals surface area contributed by atoms with Gasteiger partial charge in [-0.2, -0.15) is 0 Å². The molecule has 0 radical (unpaired) electrons. The average Bonchev–Trinajstić information content (AvgIpc) is 2.94. The second-order valence-electron chi connectivity index (χ2n) is 9.64. The number of nitrogens with one attached hydrogen (secondary N) is 1. The van der Waals surface area contributed by atoms with Crippen LogP contribution in [-0.2, 0) is 42.9 Å². The van der Waals surface area contributed by atoms with Crippen LogP contribution in [0.1, 0.15) is 55.3 Å². The molecular formula is C30H33NO13. The summed E-state index contributed by atoms with van der Waals surface area (Å²) in [7, 11) is 1.33. The van der Waals surface area contributed by atoms with E-state index < -0.39 is 67.1 Å². The molecule has 0 saturated carbocycles. The lowest BCUT2D eigenvalue weighted by Crippen LogP contribution is -2.63. The van der Waals surface area contributed by atoms with Crippen LogP contribution in [0.15, 0.2) is 42.5 Å². The fraction of sp³-hybridized carbons (Fsp3) is 0.400. The number of ketones is 1. The summed E-state index contributed by atoms with van der Waals surface area (Å²) in [5, 5.41) is 2.72. The van der Waals surface area contributed by atoms with Gasteiger partial charge in [0.25, 0.3) is 5.91 Å². The van der Waals surface area contributed by atoms with Gasteiger partial charge in [0.15, 0.2) is 29.5 Å². The number of amides is 1. The molecule has 3 rings (SSSR count). The molecule has 14 heteroatoms. The van der Waals surface area contributed by atoms with Gasteiger partial charge in [0, 0.05) is 44.5 Å². The zero-order chi connectivity index (χ0) is 32.6. The third-order valence-electron chi connectivity index (χ3n) is 6.17. The number of hydrogen-bond acceptors (Lipinski definition) is 13. The van der Waals surface area contributed by atoms with E-state index in [4.69, 9.17) is 33.2 Å². The Hall–Kier alpha value is -4.98. The average molecular weight is 616 g/mol. The summed E-state index contributed by atoms with van der Waals surface area (Å²) in [4.78, 5) is 72.0. The zero-order valence-corrected chi connectivity index (χ0v) is 24.9. The Morgan fingerprint density at radius 2 is 1.27 bits per heavy atom. The summed E-state index contributed by atoms with van der Waals surface area (Å²) in [5.74, 6) is -3.50. The lowest BCUT2D eigenvalue weighted by Gasteiger charge is -2.44. The van der Waals surface area contributed by atoms with Gasteiger partial charge >= 0.3 is 23.9 Å². The van der Waals surface area contributed by atoms with Gasteiger partial charge < -0.3 is 38.5 Å². The van der Waals surface area contributed by atoms with Crippen molar-refractivity contribution in [2.75, 3.05) is 19.0 Å². The lowest BCUT2D eigenvalue weighted by atomic mass is 9.98. The molecular weight excluding hydrogens is 582 g/mol. The highest BCUT2D eigenvalue weighted by Gasteiger charge is 2.53. The van der Waals surface area contributed by atoms with E-state index in [1.54, 1.807) is 24.3 Å². The van der Waals surface area contributed by atoms with E-state index in [1.807, 2.05) is 0 Å². The third-order valence-corrected chi connectivity index (χ3v) is 6.17. The van der Waals surface area contributed by atoms with Gasteiger partial charge in [-0.1, -0.05) is 0 Å². The van der Waals surface area contributed by atoms with Crippen LogP contribution >= 0.6 is 0 Å². The minimum absolute atomic E-state index is 0.0377. The summed E-state index contributed by atoms with van der Waals surface area (Å²) in [6.07, 6.45) is -6.94. The number of Topliss-reactive ketones (excluding diaryl/α,β-unsaturated/α-hetero) is 1. The summed E-state index contributed by atoms with van der Waals surface area (Å²) >= 11 is 0. The molecule has 5 atom stereocenters. The van der Waals surface area contributed by atoms with Crippen LogP contribution in [0.2, 0.25) is 0 Å². The first-order valence-corrected chi connectivity index (χ1v) is 13.4. The number of anilines is 1. The van der Waals surface area contributed by atoms with E-state index in [0.29, 0.717) is 11.3 Å². The quantitative estimate of drug-likeness (QED) is 0.222. The molecule has 1 fully saturated rings. The van der Waals surface area contributed by atoms with Crippen LogP contribution < -0.4 is 14.8 Å².